The Bertz CT molecular complexity index is 572. The lowest BCUT2D eigenvalue weighted by Crippen LogP contribution is -2.04. The van der Waals surface area contributed by atoms with Crippen molar-refractivity contribution in [2.75, 3.05) is 0 Å². The molecule has 0 aliphatic carbocycles. The first-order chi connectivity index (χ1) is 8.61. The number of benzene rings is 2. The largest absolute Gasteiger partial charge is 0.457 e. The van der Waals surface area contributed by atoms with Crippen molar-refractivity contribution in [3.63, 3.8) is 0 Å². The van der Waals surface area contributed by atoms with Gasteiger partial charge in [-0.2, -0.15) is 0 Å². The Labute approximate surface area is 102 Å². The molecular weight excluding hydrogens is 243 g/mol. The Morgan fingerprint density at radius 1 is 1.22 bits per heavy atom. The van der Waals surface area contributed by atoms with Crippen molar-refractivity contribution >= 4 is 0 Å². The number of rotatable bonds is 3. The van der Waals surface area contributed by atoms with Crippen LogP contribution in [0.1, 0.15) is 5.56 Å². The second-order valence-corrected chi connectivity index (χ2v) is 3.52. The van der Waals surface area contributed by atoms with Crippen molar-refractivity contribution in [1.82, 2.24) is 0 Å². The summed E-state index contributed by atoms with van der Waals surface area (Å²) in [6.07, 6.45) is 0. The van der Waals surface area contributed by atoms with Gasteiger partial charge in [-0.05, 0) is 18.2 Å². The summed E-state index contributed by atoms with van der Waals surface area (Å²) in [6.45, 7) is -0.234. The first-order valence-corrected chi connectivity index (χ1v) is 5.14. The van der Waals surface area contributed by atoms with Crippen LogP contribution in [0.25, 0.3) is 0 Å². The van der Waals surface area contributed by atoms with E-state index in [9.17, 15) is 13.2 Å². The number of nitrogens with two attached hydrogens (primary N) is 1. The third kappa shape index (κ3) is 2.46. The molecule has 0 amide bonds. The van der Waals surface area contributed by atoms with Crippen LogP contribution >= 0.6 is 0 Å². The Balaban J connectivity index is 2.37. The van der Waals surface area contributed by atoms with Crippen LogP contribution in [-0.2, 0) is 6.54 Å². The van der Waals surface area contributed by atoms with E-state index in [-0.39, 0.29) is 23.6 Å². The van der Waals surface area contributed by atoms with Gasteiger partial charge in [0.25, 0.3) is 0 Å². The van der Waals surface area contributed by atoms with E-state index in [0.29, 0.717) is 0 Å². The van der Waals surface area contributed by atoms with Crippen molar-refractivity contribution in [2.24, 2.45) is 5.73 Å². The molecule has 0 atom stereocenters. The van der Waals surface area contributed by atoms with Gasteiger partial charge < -0.3 is 10.5 Å². The highest BCUT2D eigenvalue weighted by Crippen LogP contribution is 2.28. The van der Waals surface area contributed by atoms with Gasteiger partial charge in [0.15, 0.2) is 11.6 Å². The van der Waals surface area contributed by atoms with Crippen molar-refractivity contribution in [2.45, 2.75) is 6.54 Å². The molecule has 0 heterocycles. The molecule has 0 bridgehead atoms. The minimum Gasteiger partial charge on any atom is -0.457 e. The van der Waals surface area contributed by atoms with Gasteiger partial charge in [-0.3, -0.25) is 0 Å². The second kappa shape index (κ2) is 5.10. The van der Waals surface area contributed by atoms with E-state index < -0.39 is 17.5 Å². The standard InChI is InChI=1S/C13H9F3NO/c14-8-2-1-3-9(6-8)18-12-5-4-11(15)13(16)10(12)7-17/h1-3,5-6H,7,17H2. The molecule has 0 aliphatic rings. The van der Waals surface area contributed by atoms with E-state index in [4.69, 9.17) is 10.5 Å². The van der Waals surface area contributed by atoms with E-state index in [1.54, 1.807) is 0 Å². The Morgan fingerprint density at radius 2 is 2.00 bits per heavy atom. The maximum absolute atomic E-state index is 13.4. The summed E-state index contributed by atoms with van der Waals surface area (Å²) in [5.41, 5.74) is 5.21. The molecule has 0 saturated heterocycles. The van der Waals surface area contributed by atoms with E-state index in [1.165, 1.54) is 18.2 Å². The molecular formula is C13H9F3NO. The summed E-state index contributed by atoms with van der Waals surface area (Å²) in [5, 5.41) is 0. The number of halogens is 3. The molecule has 18 heavy (non-hydrogen) atoms. The first kappa shape index (κ1) is 12.4. The fourth-order valence-corrected chi connectivity index (χ4v) is 1.46. The van der Waals surface area contributed by atoms with Crippen LogP contribution in [0.2, 0.25) is 0 Å². The van der Waals surface area contributed by atoms with Gasteiger partial charge in [-0.25, -0.2) is 13.2 Å². The molecule has 5 heteroatoms. The monoisotopic (exact) mass is 252 g/mol. The lowest BCUT2D eigenvalue weighted by atomic mass is 10.2. The molecule has 93 valence electrons. The van der Waals surface area contributed by atoms with Gasteiger partial charge in [-0.15, -0.1) is 0 Å². The molecule has 0 fully saturated rings. The average Bonchev–Trinajstić information content (AvgIpc) is 2.34. The maximum Gasteiger partial charge on any atom is 0.167 e. The predicted molar refractivity (Wildman–Crippen MR) is 59.6 cm³/mol. The first-order valence-electron chi connectivity index (χ1n) is 5.14. The Hall–Kier alpha value is -2.01. The zero-order chi connectivity index (χ0) is 13.1. The van der Waals surface area contributed by atoms with Crippen LogP contribution in [0.15, 0.2) is 30.3 Å². The summed E-state index contributed by atoms with van der Waals surface area (Å²) < 4.78 is 44.6. The van der Waals surface area contributed by atoms with Gasteiger partial charge in [0, 0.05) is 24.2 Å². The molecule has 2 aromatic rings. The zero-order valence-corrected chi connectivity index (χ0v) is 9.21. The lowest BCUT2D eigenvalue weighted by molar-refractivity contribution is 0.445. The van der Waals surface area contributed by atoms with Crippen molar-refractivity contribution < 1.29 is 17.9 Å². The summed E-state index contributed by atoms with van der Waals surface area (Å²) in [6, 6.07) is 8.49. The molecule has 2 aromatic carbocycles. The molecule has 0 aromatic heterocycles. The molecule has 2 rings (SSSR count). The normalized spacial score (nSPS) is 10.4. The summed E-state index contributed by atoms with van der Waals surface area (Å²) in [5.74, 6) is -2.53. The minimum absolute atomic E-state index is 0.0157. The fraction of sp³-hybridized carbons (Fsp3) is 0.0769. The van der Waals surface area contributed by atoms with Crippen molar-refractivity contribution in [3.05, 3.63) is 59.4 Å². The molecule has 1 radical (unpaired) electrons. The van der Waals surface area contributed by atoms with Crippen LogP contribution in [0.4, 0.5) is 13.2 Å². The maximum atomic E-state index is 13.4. The van der Waals surface area contributed by atoms with Crippen LogP contribution in [0.5, 0.6) is 11.5 Å². The molecule has 2 N–H and O–H groups in total. The van der Waals surface area contributed by atoms with Gasteiger partial charge in [0.2, 0.25) is 0 Å². The van der Waals surface area contributed by atoms with E-state index in [1.807, 2.05) is 0 Å². The molecule has 0 spiro atoms. The Morgan fingerprint density at radius 3 is 2.67 bits per heavy atom. The smallest absolute Gasteiger partial charge is 0.167 e. The highest BCUT2D eigenvalue weighted by atomic mass is 19.2. The summed E-state index contributed by atoms with van der Waals surface area (Å²) >= 11 is 0. The third-order valence-electron chi connectivity index (χ3n) is 2.31. The fourth-order valence-electron chi connectivity index (χ4n) is 1.46. The highest BCUT2D eigenvalue weighted by Gasteiger charge is 2.14. The van der Waals surface area contributed by atoms with Gasteiger partial charge in [-0.1, -0.05) is 6.07 Å². The van der Waals surface area contributed by atoms with Gasteiger partial charge in [0.05, 0.1) is 0 Å². The lowest BCUT2D eigenvalue weighted by Gasteiger charge is -2.10. The van der Waals surface area contributed by atoms with Crippen LogP contribution in [0, 0.1) is 23.5 Å². The zero-order valence-electron chi connectivity index (χ0n) is 9.21. The molecule has 0 saturated carbocycles. The number of hydrogen-bond donors (Lipinski definition) is 1. The second-order valence-electron chi connectivity index (χ2n) is 3.52. The highest BCUT2D eigenvalue weighted by molar-refractivity contribution is 5.38. The molecule has 0 aliphatic heterocycles. The van der Waals surface area contributed by atoms with E-state index in [0.717, 1.165) is 12.1 Å². The molecule has 0 unspecified atom stereocenters. The van der Waals surface area contributed by atoms with Gasteiger partial charge in [0.1, 0.15) is 17.3 Å². The number of hydrogen-bond acceptors (Lipinski definition) is 2. The minimum atomic E-state index is -1.12. The van der Waals surface area contributed by atoms with Gasteiger partial charge >= 0.3 is 0 Å². The van der Waals surface area contributed by atoms with E-state index >= 15 is 0 Å². The SMILES string of the molecule is NCc1c(Oc2cccc(F)c2)c[c]c(F)c1F. The topological polar surface area (TPSA) is 35.2 Å². The quantitative estimate of drug-likeness (QED) is 0.910. The van der Waals surface area contributed by atoms with E-state index in [2.05, 4.69) is 6.07 Å². The Kier molecular flexibility index (Phi) is 3.53. The van der Waals surface area contributed by atoms with Crippen LogP contribution in [0.3, 0.4) is 0 Å². The third-order valence-corrected chi connectivity index (χ3v) is 2.31. The van der Waals surface area contributed by atoms with Crippen molar-refractivity contribution in [3.8, 4) is 11.5 Å². The summed E-state index contributed by atoms with van der Waals surface area (Å²) in [7, 11) is 0. The van der Waals surface area contributed by atoms with Crippen LogP contribution in [-0.4, -0.2) is 0 Å². The predicted octanol–water partition coefficient (Wildman–Crippen LogP) is 3.16. The molecule has 2 nitrogen and oxygen atoms in total. The van der Waals surface area contributed by atoms with Crippen LogP contribution < -0.4 is 10.5 Å². The van der Waals surface area contributed by atoms with Crippen molar-refractivity contribution in [1.29, 1.82) is 0 Å². The summed E-state index contributed by atoms with van der Waals surface area (Å²) in [4.78, 5) is 0. The number of ether oxygens (including phenoxy) is 1. The average molecular weight is 252 g/mol.